The zero-order chi connectivity index (χ0) is 33.8. The number of amides is 3. The van der Waals surface area contributed by atoms with Gasteiger partial charge in [0.05, 0.1) is 29.5 Å². The first-order chi connectivity index (χ1) is 21.5. The van der Waals surface area contributed by atoms with Crippen molar-refractivity contribution in [2.75, 3.05) is 49.3 Å². The number of hydrogen-bond acceptors (Lipinski definition) is 9. The van der Waals surface area contributed by atoms with Crippen molar-refractivity contribution in [1.29, 1.82) is 0 Å². The highest BCUT2D eigenvalue weighted by atomic mass is 19.4. The van der Waals surface area contributed by atoms with Crippen LogP contribution in [0.5, 0.6) is 0 Å². The smallest absolute Gasteiger partial charge is 0.414 e. The second kappa shape index (κ2) is 13.8. The molecule has 0 unspecified atom stereocenters. The predicted octanol–water partition coefficient (Wildman–Crippen LogP) is 5.34. The molecule has 250 valence electrons. The fourth-order valence-electron chi connectivity index (χ4n) is 5.21. The van der Waals surface area contributed by atoms with Crippen molar-refractivity contribution in [2.24, 2.45) is 5.92 Å². The second-order valence-electron chi connectivity index (χ2n) is 12.4. The van der Waals surface area contributed by atoms with E-state index in [-0.39, 0.29) is 40.5 Å². The number of ether oxygens (including phenoxy) is 1. The number of halogens is 3. The minimum absolute atomic E-state index is 0.0577. The molecular weight excluding hydrogens is 611 g/mol. The lowest BCUT2D eigenvalue weighted by Crippen LogP contribution is -2.53. The molecule has 0 bridgehead atoms. The fraction of sp³-hybridized carbons (Fsp3) is 0.500. The standard InChI is InChI=1S/C30H38F3N7O6/c1-29(2,3)46-28(44)38-26-23(24-22(45-26)11-17(13-35-24)7-6-10-39(4)5)25(41)37-20-14-34-9-8-21(20)40-15-18(30(31,32)33)12-19(16-40)36-27(42)43/h8-9,11,13-14,18-19,36H,6-7,10,12,15-16H2,1-5H3,(H,37,41)(H,38,44)(H,42,43)/t18-,19+/m1/s1. The molecule has 1 aliphatic rings. The van der Waals surface area contributed by atoms with Crippen LogP contribution in [0.2, 0.25) is 0 Å². The van der Waals surface area contributed by atoms with Gasteiger partial charge in [-0.05, 0) is 78.4 Å². The van der Waals surface area contributed by atoms with E-state index in [0.29, 0.717) is 6.42 Å². The Morgan fingerprint density at radius 2 is 1.89 bits per heavy atom. The van der Waals surface area contributed by atoms with Crippen LogP contribution in [0.25, 0.3) is 11.1 Å². The van der Waals surface area contributed by atoms with Crippen LogP contribution < -0.4 is 20.9 Å². The SMILES string of the molecule is CN(C)CCCc1cnc2c(C(=O)Nc3cnccc3N3C[C@@H](NC(=O)O)C[C@@H](C(F)(F)F)C3)c(NC(=O)OC(C)(C)C)oc2c1. The quantitative estimate of drug-likeness (QED) is 0.238. The molecule has 16 heteroatoms. The fourth-order valence-corrected chi connectivity index (χ4v) is 5.21. The Kier molecular flexibility index (Phi) is 10.3. The summed E-state index contributed by atoms with van der Waals surface area (Å²) in [5.41, 5.74) is 0.497. The van der Waals surface area contributed by atoms with Crippen LogP contribution in [0.4, 0.5) is 40.0 Å². The molecule has 1 fully saturated rings. The molecule has 46 heavy (non-hydrogen) atoms. The van der Waals surface area contributed by atoms with Crippen molar-refractivity contribution in [2.45, 2.75) is 57.9 Å². The number of nitrogens with one attached hydrogen (secondary N) is 3. The largest absolute Gasteiger partial charge is 0.465 e. The number of anilines is 3. The molecule has 4 rings (SSSR count). The Morgan fingerprint density at radius 3 is 2.54 bits per heavy atom. The molecule has 1 saturated heterocycles. The Labute approximate surface area is 263 Å². The molecular formula is C30H38F3N7O6. The van der Waals surface area contributed by atoms with Crippen molar-refractivity contribution >= 4 is 46.5 Å². The zero-order valence-electron chi connectivity index (χ0n) is 26.2. The van der Waals surface area contributed by atoms with Crippen LogP contribution in [0.1, 0.15) is 49.5 Å². The molecule has 4 N–H and O–H groups in total. The molecule has 0 spiro atoms. The van der Waals surface area contributed by atoms with Crippen molar-refractivity contribution in [3.63, 3.8) is 0 Å². The summed E-state index contributed by atoms with van der Waals surface area (Å²) in [5, 5.41) is 16.5. The number of carboxylic acid groups (broad SMARTS) is 1. The summed E-state index contributed by atoms with van der Waals surface area (Å²) in [6, 6.07) is 2.14. The molecule has 1 aliphatic heterocycles. The zero-order valence-corrected chi connectivity index (χ0v) is 26.2. The maximum atomic E-state index is 13.9. The van der Waals surface area contributed by atoms with Gasteiger partial charge in [0.25, 0.3) is 5.91 Å². The van der Waals surface area contributed by atoms with E-state index in [4.69, 9.17) is 9.15 Å². The Morgan fingerprint density at radius 1 is 1.15 bits per heavy atom. The number of aryl methyl sites for hydroxylation is 1. The van der Waals surface area contributed by atoms with Gasteiger partial charge in [0, 0.05) is 25.5 Å². The Balaban J connectivity index is 1.68. The van der Waals surface area contributed by atoms with Gasteiger partial charge in [-0.3, -0.25) is 20.1 Å². The van der Waals surface area contributed by atoms with Gasteiger partial charge in [-0.1, -0.05) is 0 Å². The molecule has 4 heterocycles. The number of pyridine rings is 2. The number of nitrogens with zero attached hydrogens (tertiary/aromatic N) is 4. The number of alkyl halides is 3. The summed E-state index contributed by atoms with van der Waals surface area (Å²) in [7, 11) is 3.93. The third kappa shape index (κ3) is 8.99. The number of carbonyl (C=O) groups excluding carboxylic acids is 2. The lowest BCUT2D eigenvalue weighted by Gasteiger charge is -2.40. The first kappa shape index (κ1) is 34.3. The molecule has 13 nitrogen and oxygen atoms in total. The highest BCUT2D eigenvalue weighted by Crippen LogP contribution is 2.38. The monoisotopic (exact) mass is 649 g/mol. The van der Waals surface area contributed by atoms with E-state index in [9.17, 15) is 32.7 Å². The number of piperidine rings is 1. The third-order valence-electron chi connectivity index (χ3n) is 7.13. The second-order valence-corrected chi connectivity index (χ2v) is 12.4. The van der Waals surface area contributed by atoms with Gasteiger partial charge in [-0.15, -0.1) is 0 Å². The summed E-state index contributed by atoms with van der Waals surface area (Å²) >= 11 is 0. The number of aromatic nitrogens is 2. The molecule has 3 amide bonds. The van der Waals surface area contributed by atoms with Gasteiger partial charge >= 0.3 is 18.4 Å². The van der Waals surface area contributed by atoms with Gasteiger partial charge in [0.1, 0.15) is 16.7 Å². The minimum Gasteiger partial charge on any atom is -0.465 e. The summed E-state index contributed by atoms with van der Waals surface area (Å²) in [4.78, 5) is 49.7. The van der Waals surface area contributed by atoms with Crippen LogP contribution in [-0.4, -0.2) is 89.6 Å². The van der Waals surface area contributed by atoms with Gasteiger partial charge in [-0.2, -0.15) is 13.2 Å². The van der Waals surface area contributed by atoms with Gasteiger partial charge in [0.15, 0.2) is 5.58 Å². The summed E-state index contributed by atoms with van der Waals surface area (Å²) < 4.78 is 52.7. The van der Waals surface area contributed by atoms with Crippen LogP contribution >= 0.6 is 0 Å². The average Bonchev–Trinajstić information content (AvgIpc) is 3.28. The molecule has 0 aliphatic carbocycles. The van der Waals surface area contributed by atoms with E-state index in [0.717, 1.165) is 18.5 Å². The van der Waals surface area contributed by atoms with E-state index in [1.54, 1.807) is 33.0 Å². The molecule has 3 aromatic heterocycles. The van der Waals surface area contributed by atoms with E-state index in [2.05, 4.69) is 25.9 Å². The number of carbonyl (C=O) groups is 3. The van der Waals surface area contributed by atoms with E-state index >= 15 is 0 Å². The summed E-state index contributed by atoms with van der Waals surface area (Å²) in [5.74, 6) is -2.84. The summed E-state index contributed by atoms with van der Waals surface area (Å²) in [6.07, 6.45) is -1.58. The highest BCUT2D eigenvalue weighted by molar-refractivity contribution is 6.16. The maximum absolute atomic E-state index is 13.9. The van der Waals surface area contributed by atoms with Crippen molar-refractivity contribution in [3.05, 3.63) is 41.9 Å². The van der Waals surface area contributed by atoms with Crippen LogP contribution in [-0.2, 0) is 11.2 Å². The molecule has 0 aromatic carbocycles. The Bertz CT molecular complexity index is 1570. The number of fused-ring (bicyclic) bond motifs is 1. The van der Waals surface area contributed by atoms with Crippen molar-refractivity contribution in [3.8, 4) is 0 Å². The van der Waals surface area contributed by atoms with Gasteiger partial charge in [0.2, 0.25) is 5.88 Å². The van der Waals surface area contributed by atoms with Crippen LogP contribution in [0.3, 0.4) is 0 Å². The number of hydrogen-bond donors (Lipinski definition) is 4. The number of furan rings is 1. The minimum atomic E-state index is -4.58. The summed E-state index contributed by atoms with van der Waals surface area (Å²) in [6.45, 7) is 5.31. The molecule has 0 saturated carbocycles. The van der Waals surface area contributed by atoms with Gasteiger partial charge < -0.3 is 34.7 Å². The van der Waals surface area contributed by atoms with E-state index < -0.39 is 54.8 Å². The molecule has 0 radical (unpaired) electrons. The van der Waals surface area contributed by atoms with E-state index in [1.165, 1.54) is 23.4 Å². The van der Waals surface area contributed by atoms with Crippen molar-refractivity contribution < 1.29 is 41.8 Å². The van der Waals surface area contributed by atoms with Gasteiger partial charge in [-0.25, -0.2) is 9.59 Å². The van der Waals surface area contributed by atoms with Crippen molar-refractivity contribution in [1.82, 2.24) is 20.2 Å². The third-order valence-corrected chi connectivity index (χ3v) is 7.13. The maximum Gasteiger partial charge on any atom is 0.414 e. The lowest BCUT2D eigenvalue weighted by molar-refractivity contribution is -0.177. The first-order valence-corrected chi connectivity index (χ1v) is 14.6. The lowest BCUT2D eigenvalue weighted by atomic mass is 9.93. The Hall–Kier alpha value is -4.60. The highest BCUT2D eigenvalue weighted by Gasteiger charge is 2.45. The number of rotatable bonds is 9. The molecule has 2 atom stereocenters. The average molecular weight is 650 g/mol. The molecule has 3 aromatic rings. The predicted molar refractivity (Wildman–Crippen MR) is 164 cm³/mol. The normalized spacial score (nSPS) is 17.2. The first-order valence-electron chi connectivity index (χ1n) is 14.6. The van der Waals surface area contributed by atoms with Crippen LogP contribution in [0, 0.1) is 5.92 Å². The van der Waals surface area contributed by atoms with E-state index in [1.807, 2.05) is 19.0 Å². The topological polar surface area (TPSA) is 162 Å². The van der Waals surface area contributed by atoms with Crippen LogP contribution in [0.15, 0.2) is 35.1 Å².